The molecule has 2 atom stereocenters. The number of allylic oxidation sites excluding steroid dienone is 3. The van der Waals surface area contributed by atoms with Crippen molar-refractivity contribution in [2.45, 2.75) is 45.4 Å². The molecule has 1 aliphatic carbocycles. The molecule has 0 aromatic carbocycles. The largest absolute Gasteiger partial charge is 0.483 e. The lowest BCUT2D eigenvalue weighted by atomic mass is 9.90. The van der Waals surface area contributed by atoms with Crippen LogP contribution >= 0.6 is 0 Å². The van der Waals surface area contributed by atoms with E-state index in [-0.39, 0.29) is 0 Å². The topological polar surface area (TPSA) is 117 Å². The van der Waals surface area contributed by atoms with E-state index in [1.165, 1.54) is 38.4 Å². The lowest BCUT2D eigenvalue weighted by Gasteiger charge is -2.30. The fraction of sp³-hybridized carbons (Fsp3) is 0.652. The molecule has 2 aliphatic rings. The Kier molecular flexibility index (Phi) is 8.78. The van der Waals surface area contributed by atoms with E-state index >= 15 is 0 Å². The predicted octanol–water partition coefficient (Wildman–Crippen LogP) is 3.00. The number of tetrazole rings is 1. The van der Waals surface area contributed by atoms with Crippen molar-refractivity contribution in [3.05, 3.63) is 30.5 Å². The first-order chi connectivity index (χ1) is 16.8. The van der Waals surface area contributed by atoms with Gasteiger partial charge in [-0.2, -0.15) is 9.67 Å². The molecule has 0 unspecified atom stereocenters. The van der Waals surface area contributed by atoms with Crippen molar-refractivity contribution in [3.63, 3.8) is 0 Å². The highest BCUT2D eigenvalue weighted by molar-refractivity contribution is 5.58. The summed E-state index contributed by atoms with van der Waals surface area (Å²) in [6, 6.07) is 0.654. The van der Waals surface area contributed by atoms with Crippen LogP contribution in [0.2, 0.25) is 0 Å². The predicted molar refractivity (Wildman–Crippen MR) is 127 cm³/mol. The number of aliphatic imine (C=N–C) groups is 1. The molecule has 1 saturated carbocycles. The second kappa shape index (κ2) is 12.4. The van der Waals surface area contributed by atoms with Crippen LogP contribution in [0.3, 0.4) is 0 Å². The summed E-state index contributed by atoms with van der Waals surface area (Å²) >= 11 is 0. The Morgan fingerprint density at radius 3 is 2.94 bits per heavy atom. The summed E-state index contributed by atoms with van der Waals surface area (Å²) in [5.41, 5.74) is 0.768. The van der Waals surface area contributed by atoms with E-state index in [2.05, 4.69) is 35.6 Å². The summed E-state index contributed by atoms with van der Waals surface area (Å²) in [4.78, 5) is 10.9. The summed E-state index contributed by atoms with van der Waals surface area (Å²) in [7, 11) is 1.68. The van der Waals surface area contributed by atoms with E-state index in [1.54, 1.807) is 18.0 Å². The second-order valence-electron chi connectivity index (χ2n) is 8.80. The number of piperidine rings is 1. The van der Waals surface area contributed by atoms with Crippen molar-refractivity contribution in [2.24, 2.45) is 22.7 Å². The molecule has 4 rings (SSSR count). The van der Waals surface area contributed by atoms with Gasteiger partial charge in [0.15, 0.2) is 12.2 Å². The lowest BCUT2D eigenvalue weighted by molar-refractivity contribution is 0.199. The van der Waals surface area contributed by atoms with Crippen LogP contribution in [0.15, 0.2) is 34.2 Å². The van der Waals surface area contributed by atoms with Gasteiger partial charge in [-0.25, -0.2) is 4.99 Å². The highest BCUT2D eigenvalue weighted by Gasteiger charge is 2.43. The van der Waals surface area contributed by atoms with Crippen molar-refractivity contribution < 1.29 is 14.0 Å². The molecule has 1 saturated heterocycles. The van der Waals surface area contributed by atoms with Crippen LogP contribution in [-0.2, 0) is 15.9 Å². The van der Waals surface area contributed by atoms with Crippen LogP contribution < -0.4 is 4.90 Å². The first kappa shape index (κ1) is 24.1. The summed E-state index contributed by atoms with van der Waals surface area (Å²) in [5, 5.41) is 15.2. The molecule has 2 aromatic rings. The zero-order valence-corrected chi connectivity index (χ0v) is 20.0. The average Bonchev–Trinajstić information content (AvgIpc) is 3.23. The van der Waals surface area contributed by atoms with E-state index in [9.17, 15) is 0 Å². The minimum Gasteiger partial charge on any atom is -0.483 e. The molecule has 11 nitrogen and oxygen atoms in total. The Morgan fingerprint density at radius 1 is 1.29 bits per heavy atom. The van der Waals surface area contributed by atoms with Gasteiger partial charge in [0.2, 0.25) is 0 Å². The zero-order chi connectivity index (χ0) is 23.6. The van der Waals surface area contributed by atoms with E-state index in [1.807, 2.05) is 19.1 Å². The Bertz CT molecular complexity index is 947. The van der Waals surface area contributed by atoms with E-state index < -0.39 is 0 Å². The summed E-state index contributed by atoms with van der Waals surface area (Å²) in [5.74, 6) is 3.22. The number of aromatic nitrogens is 6. The molecular formula is C23H34N8O3. The number of anilines is 1. The third kappa shape index (κ3) is 6.72. The third-order valence-electron chi connectivity index (χ3n) is 6.51. The maximum atomic E-state index is 5.57. The standard InChI is InChI=1S/C23H34N8O3/c1-3-5-20(31-16-25-28-29-31)15-24-17-33-12-4-6-19-14-21(19)18-7-10-30(11-8-18)23-26-22(27-34-23)9-13-32-2/h3,5,15-19,21H,4,6-14H2,1-2H3/b5-3+,20-15+,24-17+/t19-,21-/m1/s1. The molecule has 0 N–H and O–H groups in total. The maximum Gasteiger partial charge on any atom is 0.324 e. The second-order valence-corrected chi connectivity index (χ2v) is 8.80. The van der Waals surface area contributed by atoms with Gasteiger partial charge in [0.05, 0.1) is 25.1 Å². The smallest absolute Gasteiger partial charge is 0.324 e. The van der Waals surface area contributed by atoms with Gasteiger partial charge in [0, 0.05) is 26.6 Å². The first-order valence-electron chi connectivity index (χ1n) is 12.0. The molecule has 34 heavy (non-hydrogen) atoms. The molecule has 0 spiro atoms. The number of methoxy groups -OCH3 is 1. The van der Waals surface area contributed by atoms with Crippen molar-refractivity contribution in [2.75, 3.05) is 38.3 Å². The minimum atomic E-state index is 0.610. The summed E-state index contributed by atoms with van der Waals surface area (Å²) in [6.07, 6.45) is 15.2. The highest BCUT2D eigenvalue weighted by atomic mass is 16.5. The molecule has 0 bridgehead atoms. The van der Waals surface area contributed by atoms with Gasteiger partial charge < -0.3 is 18.9 Å². The lowest BCUT2D eigenvalue weighted by Crippen LogP contribution is -2.34. The number of hydrogen-bond donors (Lipinski definition) is 0. The normalized spacial score (nSPS) is 21.7. The van der Waals surface area contributed by atoms with Crippen molar-refractivity contribution >= 4 is 18.1 Å². The van der Waals surface area contributed by atoms with Crippen molar-refractivity contribution in [1.29, 1.82) is 0 Å². The van der Waals surface area contributed by atoms with Crippen LogP contribution in [0.25, 0.3) is 5.70 Å². The van der Waals surface area contributed by atoms with Crippen LogP contribution in [0.4, 0.5) is 6.01 Å². The Balaban J connectivity index is 1.09. The number of hydrogen-bond acceptors (Lipinski definition) is 10. The van der Waals surface area contributed by atoms with E-state index in [0.29, 0.717) is 25.6 Å². The quantitative estimate of drug-likeness (QED) is 0.188. The number of rotatable bonds is 13. The van der Waals surface area contributed by atoms with E-state index in [0.717, 1.165) is 48.8 Å². The van der Waals surface area contributed by atoms with Crippen molar-refractivity contribution in [3.8, 4) is 0 Å². The monoisotopic (exact) mass is 470 g/mol. The molecule has 2 aromatic heterocycles. The molecule has 0 radical (unpaired) electrons. The minimum absolute atomic E-state index is 0.610. The van der Waals surface area contributed by atoms with Crippen LogP contribution in [0.5, 0.6) is 0 Å². The van der Waals surface area contributed by atoms with E-state index in [4.69, 9.17) is 14.0 Å². The number of ether oxygens (including phenoxy) is 2. The SMILES string of the molecule is C/C=C/C(=C\N=C\OCCC[C@@H]1C[C@@H]1C1CCN(c2nc(CCOC)no2)CC1)n1cnnn1. The molecule has 0 amide bonds. The van der Waals surface area contributed by atoms with Crippen molar-refractivity contribution in [1.82, 2.24) is 30.3 Å². The molecular weight excluding hydrogens is 436 g/mol. The van der Waals surface area contributed by atoms with Gasteiger partial charge in [-0.05, 0) is 73.3 Å². The fourth-order valence-electron chi connectivity index (χ4n) is 4.63. The summed E-state index contributed by atoms with van der Waals surface area (Å²) < 4.78 is 17.6. The van der Waals surface area contributed by atoms with Gasteiger partial charge in [-0.15, -0.1) is 5.10 Å². The first-order valence-corrected chi connectivity index (χ1v) is 12.0. The van der Waals surface area contributed by atoms with Gasteiger partial charge in [-0.1, -0.05) is 11.2 Å². The zero-order valence-electron chi connectivity index (χ0n) is 20.0. The Hall–Kier alpha value is -3.08. The molecule has 1 aliphatic heterocycles. The Morgan fingerprint density at radius 2 is 2.18 bits per heavy atom. The fourth-order valence-corrected chi connectivity index (χ4v) is 4.63. The maximum absolute atomic E-state index is 5.57. The van der Waals surface area contributed by atoms with Gasteiger partial charge >= 0.3 is 6.01 Å². The van der Waals surface area contributed by atoms with Gasteiger partial charge in [0.1, 0.15) is 6.33 Å². The molecule has 3 heterocycles. The van der Waals surface area contributed by atoms with Gasteiger partial charge in [-0.3, -0.25) is 0 Å². The average molecular weight is 471 g/mol. The van der Waals surface area contributed by atoms with Gasteiger partial charge in [0.25, 0.3) is 0 Å². The summed E-state index contributed by atoms with van der Waals surface area (Å²) in [6.45, 7) is 5.21. The van der Waals surface area contributed by atoms with Crippen LogP contribution in [0, 0.1) is 17.8 Å². The molecule has 184 valence electrons. The van der Waals surface area contributed by atoms with Crippen LogP contribution in [0.1, 0.15) is 44.9 Å². The highest BCUT2D eigenvalue weighted by Crippen LogP contribution is 2.50. The number of nitrogens with zero attached hydrogens (tertiary/aromatic N) is 8. The Labute approximate surface area is 199 Å². The molecule has 2 fully saturated rings. The molecule has 11 heteroatoms. The third-order valence-corrected chi connectivity index (χ3v) is 6.51. The van der Waals surface area contributed by atoms with Crippen LogP contribution in [-0.4, -0.2) is 70.2 Å².